The number of aromatic nitrogens is 2. The van der Waals surface area contributed by atoms with Gasteiger partial charge in [-0.05, 0) is 62.9 Å². The zero-order valence-corrected chi connectivity index (χ0v) is 16.2. The summed E-state index contributed by atoms with van der Waals surface area (Å²) in [6, 6.07) is 9.75. The van der Waals surface area contributed by atoms with E-state index in [1.807, 2.05) is 54.7 Å². The van der Waals surface area contributed by atoms with Crippen molar-refractivity contribution in [2.75, 3.05) is 0 Å². The lowest BCUT2D eigenvalue weighted by Crippen LogP contribution is -2.30. The molecule has 1 aromatic carbocycles. The molecule has 0 saturated carbocycles. The van der Waals surface area contributed by atoms with Crippen LogP contribution in [0.3, 0.4) is 0 Å². The van der Waals surface area contributed by atoms with Gasteiger partial charge < -0.3 is 9.32 Å². The number of aryl methyl sites for hydroxylation is 3. The van der Waals surface area contributed by atoms with Crippen molar-refractivity contribution in [2.45, 2.75) is 46.2 Å². The molecule has 4 rings (SSSR count). The molecule has 140 valence electrons. The number of nitrogens with zero attached hydrogens (tertiary/aromatic N) is 3. The third kappa shape index (κ3) is 3.54. The molecule has 0 N–H and O–H groups in total. The van der Waals surface area contributed by atoms with E-state index in [4.69, 9.17) is 9.52 Å². The molecule has 0 bridgehead atoms. The first kappa shape index (κ1) is 17.6. The Bertz CT molecular complexity index is 950. The van der Waals surface area contributed by atoms with Gasteiger partial charge in [0.25, 0.3) is 5.91 Å². The average molecular weight is 363 g/mol. The summed E-state index contributed by atoms with van der Waals surface area (Å²) in [6.45, 7) is 4.97. The molecule has 3 aromatic rings. The maximum Gasteiger partial charge on any atom is 0.254 e. The Hall–Kier alpha value is -2.82. The minimum atomic E-state index is 0.00981. The topological polar surface area (TPSA) is 51.3 Å². The number of benzene rings is 1. The van der Waals surface area contributed by atoms with Gasteiger partial charge in [0.1, 0.15) is 5.76 Å². The molecule has 5 nitrogen and oxygen atoms in total. The zero-order valence-electron chi connectivity index (χ0n) is 16.2. The summed E-state index contributed by atoms with van der Waals surface area (Å²) in [6.07, 6.45) is 4.93. The van der Waals surface area contributed by atoms with Crippen molar-refractivity contribution in [3.8, 4) is 0 Å². The summed E-state index contributed by atoms with van der Waals surface area (Å²) in [4.78, 5) is 15.2. The molecule has 2 aromatic heterocycles. The Labute approximate surface area is 159 Å². The third-order valence-corrected chi connectivity index (χ3v) is 5.22. The first-order chi connectivity index (χ1) is 13.0. The minimum Gasteiger partial charge on any atom is -0.467 e. The summed E-state index contributed by atoms with van der Waals surface area (Å²) in [5.74, 6) is 0.788. The molecule has 0 atom stereocenters. The van der Waals surface area contributed by atoms with E-state index in [0.29, 0.717) is 18.7 Å². The number of furan rings is 1. The molecule has 1 aliphatic carbocycles. The SMILES string of the molecule is Cc1cc(C)cc(C(=O)N(Cc2ccco2)Cc2nn(C)c3c2CCC3)c1. The predicted octanol–water partition coefficient (Wildman–Crippen LogP) is 3.96. The van der Waals surface area contributed by atoms with E-state index in [-0.39, 0.29) is 5.91 Å². The monoisotopic (exact) mass is 363 g/mol. The Kier molecular flexibility index (Phi) is 4.60. The summed E-state index contributed by atoms with van der Waals surface area (Å²) in [7, 11) is 2.00. The smallest absolute Gasteiger partial charge is 0.254 e. The Morgan fingerprint density at radius 2 is 1.96 bits per heavy atom. The highest BCUT2D eigenvalue weighted by molar-refractivity contribution is 5.94. The maximum atomic E-state index is 13.3. The number of carbonyl (C=O) groups is 1. The van der Waals surface area contributed by atoms with Crippen LogP contribution < -0.4 is 0 Å². The highest BCUT2D eigenvalue weighted by atomic mass is 16.3. The summed E-state index contributed by atoms with van der Waals surface area (Å²) in [5, 5.41) is 4.70. The van der Waals surface area contributed by atoms with Gasteiger partial charge in [-0.15, -0.1) is 0 Å². The van der Waals surface area contributed by atoms with E-state index in [9.17, 15) is 4.79 Å². The van der Waals surface area contributed by atoms with Gasteiger partial charge in [0.2, 0.25) is 0 Å². The molecule has 0 saturated heterocycles. The van der Waals surface area contributed by atoms with Crippen LogP contribution in [-0.4, -0.2) is 20.6 Å². The number of hydrogen-bond acceptors (Lipinski definition) is 3. The Morgan fingerprint density at radius 3 is 2.67 bits per heavy atom. The van der Waals surface area contributed by atoms with Crippen molar-refractivity contribution >= 4 is 5.91 Å². The summed E-state index contributed by atoms with van der Waals surface area (Å²) >= 11 is 0. The van der Waals surface area contributed by atoms with Crippen molar-refractivity contribution in [3.05, 3.63) is 76.0 Å². The quantitative estimate of drug-likeness (QED) is 0.689. The fourth-order valence-corrected chi connectivity index (χ4v) is 4.08. The number of rotatable bonds is 5. The van der Waals surface area contributed by atoms with Gasteiger partial charge in [0.15, 0.2) is 0 Å². The highest BCUT2D eigenvalue weighted by Gasteiger charge is 2.25. The van der Waals surface area contributed by atoms with Crippen LogP contribution in [0.1, 0.15) is 50.6 Å². The lowest BCUT2D eigenvalue weighted by atomic mass is 10.1. The van der Waals surface area contributed by atoms with Gasteiger partial charge in [-0.2, -0.15) is 5.10 Å². The lowest BCUT2D eigenvalue weighted by Gasteiger charge is -2.22. The van der Waals surface area contributed by atoms with Crippen LogP contribution in [0.25, 0.3) is 0 Å². The van der Waals surface area contributed by atoms with Crippen molar-refractivity contribution in [3.63, 3.8) is 0 Å². The summed E-state index contributed by atoms with van der Waals surface area (Å²) in [5.41, 5.74) is 6.53. The average Bonchev–Trinajstić information content (AvgIpc) is 3.34. The Balaban J connectivity index is 1.66. The normalized spacial score (nSPS) is 13.0. The molecule has 0 spiro atoms. The van der Waals surface area contributed by atoms with Crippen LogP contribution in [0.2, 0.25) is 0 Å². The van der Waals surface area contributed by atoms with E-state index >= 15 is 0 Å². The van der Waals surface area contributed by atoms with Crippen molar-refractivity contribution < 1.29 is 9.21 Å². The van der Waals surface area contributed by atoms with Gasteiger partial charge in [-0.1, -0.05) is 17.2 Å². The number of hydrogen-bond donors (Lipinski definition) is 0. The zero-order chi connectivity index (χ0) is 19.0. The van der Waals surface area contributed by atoms with Gasteiger partial charge in [0.05, 0.1) is 25.0 Å². The van der Waals surface area contributed by atoms with E-state index in [0.717, 1.165) is 41.8 Å². The number of fused-ring (bicyclic) bond motifs is 1. The Morgan fingerprint density at radius 1 is 1.19 bits per heavy atom. The molecule has 27 heavy (non-hydrogen) atoms. The van der Waals surface area contributed by atoms with Crippen LogP contribution in [0.4, 0.5) is 0 Å². The van der Waals surface area contributed by atoms with E-state index < -0.39 is 0 Å². The highest BCUT2D eigenvalue weighted by Crippen LogP contribution is 2.26. The summed E-state index contributed by atoms with van der Waals surface area (Å²) < 4.78 is 7.49. The van der Waals surface area contributed by atoms with Crippen LogP contribution in [0.5, 0.6) is 0 Å². The molecule has 0 unspecified atom stereocenters. The molecule has 2 heterocycles. The third-order valence-electron chi connectivity index (χ3n) is 5.22. The standard InChI is InChI=1S/C22H25N3O2/c1-15-10-16(2)12-17(11-15)22(26)25(13-18-6-5-9-27-18)14-20-19-7-4-8-21(19)24(3)23-20/h5-6,9-12H,4,7-8,13-14H2,1-3H3. The van der Waals surface area contributed by atoms with E-state index in [1.165, 1.54) is 11.3 Å². The molecule has 1 amide bonds. The molecule has 1 aliphatic rings. The molecule has 0 fully saturated rings. The lowest BCUT2D eigenvalue weighted by molar-refractivity contribution is 0.0714. The molecular weight excluding hydrogens is 338 g/mol. The first-order valence-corrected chi connectivity index (χ1v) is 9.45. The van der Waals surface area contributed by atoms with Crippen molar-refractivity contribution in [1.29, 1.82) is 0 Å². The largest absolute Gasteiger partial charge is 0.467 e. The van der Waals surface area contributed by atoms with Crippen LogP contribution >= 0.6 is 0 Å². The molecular formula is C22H25N3O2. The van der Waals surface area contributed by atoms with E-state index in [1.54, 1.807) is 6.26 Å². The second kappa shape index (κ2) is 7.06. The second-order valence-corrected chi connectivity index (χ2v) is 7.47. The number of carbonyl (C=O) groups excluding carboxylic acids is 1. The molecule has 5 heteroatoms. The van der Waals surface area contributed by atoms with Crippen LogP contribution in [0.15, 0.2) is 41.0 Å². The second-order valence-electron chi connectivity index (χ2n) is 7.47. The molecule has 0 aliphatic heterocycles. The fourth-order valence-electron chi connectivity index (χ4n) is 4.08. The maximum absolute atomic E-state index is 13.3. The van der Waals surface area contributed by atoms with Crippen LogP contribution in [-0.2, 0) is 33.0 Å². The predicted molar refractivity (Wildman–Crippen MR) is 103 cm³/mol. The number of amides is 1. The molecule has 0 radical (unpaired) electrons. The van der Waals surface area contributed by atoms with Gasteiger partial charge in [-0.25, -0.2) is 0 Å². The fraction of sp³-hybridized carbons (Fsp3) is 0.364. The van der Waals surface area contributed by atoms with Gasteiger partial charge in [-0.3, -0.25) is 9.48 Å². The van der Waals surface area contributed by atoms with Crippen molar-refractivity contribution in [1.82, 2.24) is 14.7 Å². The van der Waals surface area contributed by atoms with Gasteiger partial charge in [0, 0.05) is 18.3 Å². The first-order valence-electron chi connectivity index (χ1n) is 9.45. The van der Waals surface area contributed by atoms with E-state index in [2.05, 4.69) is 6.07 Å². The van der Waals surface area contributed by atoms with Crippen LogP contribution in [0, 0.1) is 13.8 Å². The van der Waals surface area contributed by atoms with Crippen molar-refractivity contribution in [2.24, 2.45) is 7.05 Å². The minimum absolute atomic E-state index is 0.00981. The van der Waals surface area contributed by atoms with Gasteiger partial charge >= 0.3 is 0 Å².